The Kier molecular flexibility index (Phi) is 3.59. The summed E-state index contributed by atoms with van der Waals surface area (Å²) in [5, 5.41) is 0.569. The maximum Gasteiger partial charge on any atom is 0.284 e. The molecule has 2 nitrogen and oxygen atoms in total. The van der Waals surface area contributed by atoms with Gasteiger partial charge in [-0.1, -0.05) is 15.9 Å². The lowest BCUT2D eigenvalue weighted by atomic mass is 10.2. The summed E-state index contributed by atoms with van der Waals surface area (Å²) >= 11 is 3.20. The number of rotatable bonds is 3. The Labute approximate surface area is 83.1 Å². The van der Waals surface area contributed by atoms with Crippen molar-refractivity contribution < 1.29 is 13.5 Å². The number of pyridine rings is 1. The van der Waals surface area contributed by atoms with Crippen LogP contribution in [0.3, 0.4) is 0 Å². The number of hydrogen-bond acceptors (Lipinski definition) is 2. The van der Waals surface area contributed by atoms with Gasteiger partial charge in [0, 0.05) is 11.5 Å². The van der Waals surface area contributed by atoms with E-state index in [0.717, 1.165) is 5.56 Å². The number of hydrogen-bond donors (Lipinski definition) is 0. The first-order chi connectivity index (χ1) is 6.19. The first kappa shape index (κ1) is 10.4. The van der Waals surface area contributed by atoms with Crippen LogP contribution >= 0.6 is 15.9 Å². The van der Waals surface area contributed by atoms with E-state index in [9.17, 15) is 8.78 Å². The van der Waals surface area contributed by atoms with Crippen molar-refractivity contribution in [1.82, 2.24) is 4.98 Å². The first-order valence-corrected chi connectivity index (χ1v) is 4.68. The Morgan fingerprint density at radius 2 is 2.31 bits per heavy atom. The molecule has 1 aromatic heterocycles. The van der Waals surface area contributed by atoms with Crippen LogP contribution in [0.4, 0.5) is 8.78 Å². The third kappa shape index (κ3) is 2.37. The quantitative estimate of drug-likeness (QED) is 0.771. The minimum atomic E-state index is -2.60. The second kappa shape index (κ2) is 4.50. The summed E-state index contributed by atoms with van der Waals surface area (Å²) in [5.74, 6) is 0.131. The maximum atomic E-state index is 12.3. The van der Waals surface area contributed by atoms with Crippen molar-refractivity contribution in [2.45, 2.75) is 11.8 Å². The van der Waals surface area contributed by atoms with Gasteiger partial charge in [0.1, 0.15) is 11.4 Å². The predicted molar refractivity (Wildman–Crippen MR) is 48.4 cm³/mol. The van der Waals surface area contributed by atoms with Crippen LogP contribution in [0.1, 0.15) is 17.7 Å². The van der Waals surface area contributed by atoms with Crippen molar-refractivity contribution in [3.8, 4) is 5.75 Å². The second-order valence-electron chi connectivity index (χ2n) is 2.37. The molecule has 0 aromatic carbocycles. The average Bonchev–Trinajstić information content (AvgIpc) is 2.16. The molecule has 0 fully saturated rings. The van der Waals surface area contributed by atoms with E-state index in [1.54, 1.807) is 6.07 Å². The van der Waals surface area contributed by atoms with E-state index in [0.29, 0.717) is 5.33 Å². The molecule has 0 aliphatic heterocycles. The third-order valence-electron chi connectivity index (χ3n) is 1.52. The van der Waals surface area contributed by atoms with Gasteiger partial charge in [0.2, 0.25) is 0 Å². The van der Waals surface area contributed by atoms with Crippen LogP contribution in [0.2, 0.25) is 0 Å². The van der Waals surface area contributed by atoms with Crippen LogP contribution < -0.4 is 4.74 Å². The van der Waals surface area contributed by atoms with E-state index in [-0.39, 0.29) is 11.4 Å². The summed E-state index contributed by atoms with van der Waals surface area (Å²) in [5.41, 5.74) is 0.494. The standard InChI is InChI=1S/C8H8BrF2NO/c1-13-6-2-5(3-9)4-12-7(6)8(10)11/h2,4,8H,3H2,1H3. The van der Waals surface area contributed by atoms with Gasteiger partial charge in [0.25, 0.3) is 6.43 Å². The number of aromatic nitrogens is 1. The Morgan fingerprint density at radius 1 is 1.62 bits per heavy atom. The molecule has 0 saturated heterocycles. The highest BCUT2D eigenvalue weighted by Crippen LogP contribution is 2.27. The van der Waals surface area contributed by atoms with Gasteiger partial charge in [-0.15, -0.1) is 0 Å². The highest BCUT2D eigenvalue weighted by molar-refractivity contribution is 9.08. The summed E-state index contributed by atoms with van der Waals surface area (Å²) < 4.78 is 29.4. The highest BCUT2D eigenvalue weighted by Gasteiger charge is 2.15. The average molecular weight is 252 g/mol. The first-order valence-electron chi connectivity index (χ1n) is 3.56. The van der Waals surface area contributed by atoms with E-state index < -0.39 is 6.43 Å². The molecule has 0 atom stereocenters. The van der Waals surface area contributed by atoms with E-state index >= 15 is 0 Å². The van der Waals surface area contributed by atoms with Gasteiger partial charge in [-0.3, -0.25) is 4.98 Å². The molecule has 1 aromatic rings. The number of ether oxygens (including phenoxy) is 1. The zero-order valence-electron chi connectivity index (χ0n) is 6.93. The molecule has 0 N–H and O–H groups in total. The van der Waals surface area contributed by atoms with Gasteiger partial charge in [-0.05, 0) is 11.6 Å². The smallest absolute Gasteiger partial charge is 0.284 e. The van der Waals surface area contributed by atoms with Crippen LogP contribution in [-0.2, 0) is 5.33 Å². The van der Waals surface area contributed by atoms with Crippen molar-refractivity contribution in [1.29, 1.82) is 0 Å². The maximum absolute atomic E-state index is 12.3. The molecule has 1 heterocycles. The molecule has 0 amide bonds. The molecule has 13 heavy (non-hydrogen) atoms. The molecule has 0 spiro atoms. The lowest BCUT2D eigenvalue weighted by Gasteiger charge is -2.07. The van der Waals surface area contributed by atoms with E-state index in [1.807, 2.05) is 0 Å². The van der Waals surface area contributed by atoms with Crippen molar-refractivity contribution in [2.24, 2.45) is 0 Å². The van der Waals surface area contributed by atoms with Crippen LogP contribution in [-0.4, -0.2) is 12.1 Å². The van der Waals surface area contributed by atoms with Gasteiger partial charge >= 0.3 is 0 Å². The van der Waals surface area contributed by atoms with Gasteiger partial charge in [0.05, 0.1) is 7.11 Å². The molecule has 0 bridgehead atoms. The van der Waals surface area contributed by atoms with Gasteiger partial charge in [-0.25, -0.2) is 8.78 Å². The normalized spacial score (nSPS) is 10.5. The minimum absolute atomic E-state index is 0.131. The van der Waals surface area contributed by atoms with Crippen molar-refractivity contribution in [3.05, 3.63) is 23.5 Å². The largest absolute Gasteiger partial charge is 0.495 e. The zero-order chi connectivity index (χ0) is 9.84. The number of methoxy groups -OCH3 is 1. The molecule has 1 rings (SSSR count). The van der Waals surface area contributed by atoms with Crippen molar-refractivity contribution >= 4 is 15.9 Å². The summed E-state index contributed by atoms with van der Waals surface area (Å²) in [6, 6.07) is 1.54. The monoisotopic (exact) mass is 251 g/mol. The van der Waals surface area contributed by atoms with Gasteiger partial charge in [0.15, 0.2) is 0 Å². The molecule has 0 radical (unpaired) electrons. The molecule has 0 saturated carbocycles. The van der Waals surface area contributed by atoms with Crippen LogP contribution in [0.15, 0.2) is 12.3 Å². The number of halogens is 3. The van der Waals surface area contributed by atoms with Gasteiger partial charge in [-0.2, -0.15) is 0 Å². The number of alkyl halides is 3. The van der Waals surface area contributed by atoms with Crippen LogP contribution in [0.5, 0.6) is 5.75 Å². The fourth-order valence-corrected chi connectivity index (χ4v) is 1.20. The van der Waals surface area contributed by atoms with Gasteiger partial charge < -0.3 is 4.74 Å². The zero-order valence-corrected chi connectivity index (χ0v) is 8.51. The van der Waals surface area contributed by atoms with Crippen LogP contribution in [0, 0.1) is 0 Å². The Hall–Kier alpha value is -0.710. The minimum Gasteiger partial charge on any atom is -0.495 e. The van der Waals surface area contributed by atoms with Crippen molar-refractivity contribution in [3.63, 3.8) is 0 Å². The van der Waals surface area contributed by atoms with Crippen LogP contribution in [0.25, 0.3) is 0 Å². The Bertz CT molecular complexity index is 293. The fourth-order valence-electron chi connectivity index (χ4n) is 0.896. The second-order valence-corrected chi connectivity index (χ2v) is 2.93. The highest BCUT2D eigenvalue weighted by atomic mass is 79.9. The topological polar surface area (TPSA) is 22.1 Å². The third-order valence-corrected chi connectivity index (χ3v) is 2.17. The SMILES string of the molecule is COc1cc(CBr)cnc1C(F)F. The van der Waals surface area contributed by atoms with Crippen molar-refractivity contribution in [2.75, 3.05) is 7.11 Å². The molecular weight excluding hydrogens is 244 g/mol. The molecule has 72 valence electrons. The predicted octanol–water partition coefficient (Wildman–Crippen LogP) is 2.92. The van der Waals surface area contributed by atoms with E-state index in [2.05, 4.69) is 20.9 Å². The summed E-state index contributed by atoms with van der Waals surface area (Å²) in [4.78, 5) is 3.61. The molecule has 0 aliphatic carbocycles. The fraction of sp³-hybridized carbons (Fsp3) is 0.375. The molecule has 5 heteroatoms. The Morgan fingerprint density at radius 3 is 2.77 bits per heavy atom. The summed E-state index contributed by atoms with van der Waals surface area (Å²) in [6.07, 6.45) is -1.20. The molecule has 0 aliphatic rings. The lowest BCUT2D eigenvalue weighted by Crippen LogP contribution is -1.97. The summed E-state index contributed by atoms with van der Waals surface area (Å²) in [6.45, 7) is 0. The molecular formula is C8H8BrF2NO. The van der Waals surface area contributed by atoms with E-state index in [4.69, 9.17) is 4.74 Å². The Balaban J connectivity index is 3.08. The number of nitrogens with zero attached hydrogens (tertiary/aromatic N) is 1. The molecule has 0 unspecified atom stereocenters. The summed E-state index contributed by atoms with van der Waals surface area (Å²) in [7, 11) is 1.35. The van der Waals surface area contributed by atoms with E-state index in [1.165, 1.54) is 13.3 Å². The lowest BCUT2D eigenvalue weighted by molar-refractivity contribution is 0.141.